The first-order valence-corrected chi connectivity index (χ1v) is 7.58. The molecule has 2 heterocycles. The van der Waals surface area contributed by atoms with E-state index in [1.807, 2.05) is 0 Å². The van der Waals surface area contributed by atoms with Crippen molar-refractivity contribution in [2.75, 3.05) is 20.8 Å². The van der Waals surface area contributed by atoms with Gasteiger partial charge in [-0.15, -0.1) is 0 Å². The van der Waals surface area contributed by atoms with E-state index < -0.39 is 0 Å². The standard InChI is InChI=1S/C17H21NO3/c1-20-14-7-11-9-18-6-5-10-3-4-13(19)16(17(10)18)12(11)8-15(14)21-2/h3,7-8,13,16-17,19H,4-6,9H2,1-2H3/t13-,16-,17-/m0/s1. The van der Waals surface area contributed by atoms with E-state index in [-0.39, 0.29) is 12.0 Å². The van der Waals surface area contributed by atoms with E-state index in [0.29, 0.717) is 6.04 Å². The smallest absolute Gasteiger partial charge is 0.161 e. The minimum Gasteiger partial charge on any atom is -0.493 e. The molecule has 1 aliphatic carbocycles. The Bertz CT molecular complexity index is 610. The predicted molar refractivity (Wildman–Crippen MR) is 79.8 cm³/mol. The maximum Gasteiger partial charge on any atom is 0.161 e. The largest absolute Gasteiger partial charge is 0.493 e. The average Bonchev–Trinajstić information content (AvgIpc) is 2.92. The van der Waals surface area contributed by atoms with Gasteiger partial charge in [0.25, 0.3) is 0 Å². The van der Waals surface area contributed by atoms with Crippen LogP contribution in [0.1, 0.15) is 29.9 Å². The second-order valence-electron chi connectivity index (χ2n) is 6.18. The molecule has 0 bridgehead atoms. The van der Waals surface area contributed by atoms with Crippen molar-refractivity contribution in [1.29, 1.82) is 0 Å². The molecule has 0 saturated carbocycles. The lowest BCUT2D eigenvalue weighted by Crippen LogP contribution is -2.45. The first-order valence-electron chi connectivity index (χ1n) is 7.58. The van der Waals surface area contributed by atoms with E-state index in [2.05, 4.69) is 23.1 Å². The highest BCUT2D eigenvalue weighted by molar-refractivity contribution is 5.52. The summed E-state index contributed by atoms with van der Waals surface area (Å²) < 4.78 is 10.9. The minimum atomic E-state index is -0.309. The molecule has 4 heteroatoms. The van der Waals surface area contributed by atoms with Crippen molar-refractivity contribution in [1.82, 2.24) is 4.90 Å². The van der Waals surface area contributed by atoms with Crippen LogP contribution in [-0.4, -0.2) is 42.9 Å². The number of aliphatic hydroxyl groups excluding tert-OH is 1. The molecule has 21 heavy (non-hydrogen) atoms. The summed E-state index contributed by atoms with van der Waals surface area (Å²) in [5.74, 6) is 1.69. The van der Waals surface area contributed by atoms with Crippen molar-refractivity contribution in [3.8, 4) is 11.5 Å². The normalized spacial score (nSPS) is 30.4. The van der Waals surface area contributed by atoms with Crippen LogP contribution in [0.2, 0.25) is 0 Å². The van der Waals surface area contributed by atoms with Crippen molar-refractivity contribution < 1.29 is 14.6 Å². The van der Waals surface area contributed by atoms with Gasteiger partial charge < -0.3 is 14.6 Å². The Morgan fingerprint density at radius 1 is 1.19 bits per heavy atom. The molecule has 2 aliphatic heterocycles. The molecule has 0 aromatic heterocycles. The minimum absolute atomic E-state index is 0.163. The monoisotopic (exact) mass is 287 g/mol. The third kappa shape index (κ3) is 1.82. The lowest BCUT2D eigenvalue weighted by atomic mass is 9.74. The van der Waals surface area contributed by atoms with E-state index >= 15 is 0 Å². The second-order valence-corrected chi connectivity index (χ2v) is 6.18. The zero-order valence-corrected chi connectivity index (χ0v) is 12.5. The molecule has 1 aromatic rings. The highest BCUT2D eigenvalue weighted by atomic mass is 16.5. The van der Waals surface area contributed by atoms with Crippen molar-refractivity contribution in [2.45, 2.75) is 37.5 Å². The van der Waals surface area contributed by atoms with Crippen LogP contribution in [0.3, 0.4) is 0 Å². The van der Waals surface area contributed by atoms with Crippen LogP contribution < -0.4 is 9.47 Å². The van der Waals surface area contributed by atoms with Crippen molar-refractivity contribution in [3.63, 3.8) is 0 Å². The topological polar surface area (TPSA) is 41.9 Å². The molecule has 0 unspecified atom stereocenters. The lowest BCUT2D eigenvalue weighted by Gasteiger charge is -2.43. The number of rotatable bonds is 2. The fourth-order valence-electron chi connectivity index (χ4n) is 4.26. The summed E-state index contributed by atoms with van der Waals surface area (Å²) in [7, 11) is 3.33. The number of benzene rings is 1. The van der Waals surface area contributed by atoms with E-state index in [1.54, 1.807) is 14.2 Å². The number of ether oxygens (including phenoxy) is 2. The van der Waals surface area contributed by atoms with Crippen LogP contribution in [0.5, 0.6) is 11.5 Å². The Balaban J connectivity index is 1.86. The molecule has 0 radical (unpaired) electrons. The fourth-order valence-corrected chi connectivity index (χ4v) is 4.26. The van der Waals surface area contributed by atoms with E-state index in [9.17, 15) is 5.11 Å². The van der Waals surface area contributed by atoms with Crippen molar-refractivity contribution >= 4 is 0 Å². The lowest BCUT2D eigenvalue weighted by molar-refractivity contribution is 0.0828. The van der Waals surface area contributed by atoms with Crippen molar-refractivity contribution in [2.24, 2.45) is 0 Å². The van der Waals surface area contributed by atoms with Crippen LogP contribution in [0, 0.1) is 0 Å². The van der Waals surface area contributed by atoms with Gasteiger partial charge >= 0.3 is 0 Å². The summed E-state index contributed by atoms with van der Waals surface area (Å²) in [6, 6.07) is 4.52. The third-order valence-corrected chi connectivity index (χ3v) is 5.22. The first-order chi connectivity index (χ1) is 10.2. The molecule has 1 N–H and O–H groups in total. The van der Waals surface area contributed by atoms with E-state index in [0.717, 1.165) is 37.4 Å². The molecule has 0 spiro atoms. The molecular formula is C17H21NO3. The number of aliphatic hydroxyl groups is 1. The molecular weight excluding hydrogens is 266 g/mol. The van der Waals surface area contributed by atoms with Gasteiger partial charge in [0, 0.05) is 25.0 Å². The van der Waals surface area contributed by atoms with Gasteiger partial charge in [0.15, 0.2) is 11.5 Å². The molecule has 1 fully saturated rings. The molecule has 0 amide bonds. The zero-order chi connectivity index (χ0) is 14.6. The third-order valence-electron chi connectivity index (χ3n) is 5.22. The Kier molecular flexibility index (Phi) is 2.98. The molecule has 1 aromatic carbocycles. The van der Waals surface area contributed by atoms with Gasteiger partial charge in [0.2, 0.25) is 0 Å². The van der Waals surface area contributed by atoms with E-state index in [4.69, 9.17) is 9.47 Å². The van der Waals surface area contributed by atoms with Gasteiger partial charge in [-0.2, -0.15) is 0 Å². The van der Waals surface area contributed by atoms with Gasteiger partial charge in [-0.05, 0) is 36.1 Å². The Morgan fingerprint density at radius 2 is 1.95 bits per heavy atom. The van der Waals surface area contributed by atoms with Crippen LogP contribution in [0.4, 0.5) is 0 Å². The Hall–Kier alpha value is -1.52. The Morgan fingerprint density at radius 3 is 2.71 bits per heavy atom. The van der Waals surface area contributed by atoms with Gasteiger partial charge in [-0.1, -0.05) is 11.6 Å². The summed E-state index contributed by atoms with van der Waals surface area (Å²) in [4.78, 5) is 2.49. The van der Waals surface area contributed by atoms with Gasteiger partial charge in [-0.3, -0.25) is 4.90 Å². The summed E-state index contributed by atoms with van der Waals surface area (Å²) in [5.41, 5.74) is 4.00. The Labute approximate surface area is 125 Å². The number of fused-ring (bicyclic) bond motifs is 2. The summed E-state index contributed by atoms with van der Waals surface area (Å²) in [6.45, 7) is 2.02. The maximum absolute atomic E-state index is 10.6. The average molecular weight is 287 g/mol. The van der Waals surface area contributed by atoms with Gasteiger partial charge in [0.1, 0.15) is 0 Å². The van der Waals surface area contributed by atoms with Crippen LogP contribution in [0.15, 0.2) is 23.8 Å². The second kappa shape index (κ2) is 4.75. The highest BCUT2D eigenvalue weighted by Crippen LogP contribution is 2.48. The number of nitrogens with zero attached hydrogens (tertiary/aromatic N) is 1. The molecule has 3 atom stereocenters. The number of methoxy groups -OCH3 is 2. The molecule has 1 saturated heterocycles. The molecule has 112 valence electrons. The van der Waals surface area contributed by atoms with Crippen LogP contribution in [0.25, 0.3) is 0 Å². The number of hydrogen-bond acceptors (Lipinski definition) is 4. The zero-order valence-electron chi connectivity index (χ0n) is 12.5. The predicted octanol–water partition coefficient (Wildman–Crippen LogP) is 2.07. The van der Waals surface area contributed by atoms with Gasteiger partial charge in [0.05, 0.1) is 20.3 Å². The van der Waals surface area contributed by atoms with Crippen molar-refractivity contribution in [3.05, 3.63) is 34.9 Å². The first kappa shape index (κ1) is 13.2. The number of hydrogen-bond donors (Lipinski definition) is 1. The van der Waals surface area contributed by atoms with E-state index in [1.165, 1.54) is 16.7 Å². The molecule has 4 nitrogen and oxygen atoms in total. The quantitative estimate of drug-likeness (QED) is 0.846. The summed E-state index contributed by atoms with van der Waals surface area (Å²) >= 11 is 0. The summed E-state index contributed by atoms with van der Waals surface area (Å²) in [5, 5.41) is 10.6. The molecule has 3 aliphatic rings. The maximum atomic E-state index is 10.6. The SMILES string of the molecule is COc1cc2c(cc1OC)[C@H]1[C@@H](O)CC=C3CCN(C2)[C@@H]31. The summed E-state index contributed by atoms with van der Waals surface area (Å²) in [6.07, 6.45) is 3.84. The fraction of sp³-hybridized carbons (Fsp3) is 0.529. The highest BCUT2D eigenvalue weighted by Gasteiger charge is 2.45. The van der Waals surface area contributed by atoms with Gasteiger partial charge in [-0.25, -0.2) is 0 Å². The van der Waals surface area contributed by atoms with Crippen LogP contribution in [-0.2, 0) is 6.54 Å². The van der Waals surface area contributed by atoms with Crippen LogP contribution >= 0.6 is 0 Å². The molecule has 4 rings (SSSR count).